The third-order valence-electron chi connectivity index (χ3n) is 5.59. The van der Waals surface area contributed by atoms with Gasteiger partial charge >= 0.3 is 0 Å². The number of anilines is 1. The number of rotatable bonds is 4. The van der Waals surface area contributed by atoms with Crippen molar-refractivity contribution in [2.75, 3.05) is 4.90 Å². The summed E-state index contributed by atoms with van der Waals surface area (Å²) in [6, 6.07) is 15.7. The Hall–Kier alpha value is -3.23. The minimum Gasteiger partial charge on any atom is -0.351 e. The minimum absolute atomic E-state index is 0.0972. The monoisotopic (exact) mass is 449 g/mol. The summed E-state index contributed by atoms with van der Waals surface area (Å²) in [5.41, 5.74) is 5.19. The van der Waals surface area contributed by atoms with E-state index in [4.69, 9.17) is 23.8 Å². The second-order valence-electron chi connectivity index (χ2n) is 7.45. The second kappa shape index (κ2) is 7.79. The lowest BCUT2D eigenvalue weighted by molar-refractivity contribution is 0.557. The summed E-state index contributed by atoms with van der Waals surface area (Å²) in [5, 5.41) is 12.7. The lowest BCUT2D eigenvalue weighted by atomic mass is 9.96. The van der Waals surface area contributed by atoms with E-state index in [1.807, 2.05) is 53.3 Å². The molecule has 1 N–H and O–H groups in total. The molecule has 2 atom stereocenters. The third kappa shape index (κ3) is 3.37. The summed E-state index contributed by atoms with van der Waals surface area (Å²) in [4.78, 5) is 6.76. The van der Waals surface area contributed by atoms with Gasteiger partial charge in [-0.15, -0.1) is 10.2 Å². The van der Waals surface area contributed by atoms with Crippen molar-refractivity contribution in [1.82, 2.24) is 29.9 Å². The highest BCUT2D eigenvalue weighted by Crippen LogP contribution is 2.43. The van der Waals surface area contributed by atoms with E-state index >= 15 is 0 Å². The molecule has 1 saturated heterocycles. The molecule has 156 valence electrons. The van der Waals surface area contributed by atoms with Crippen molar-refractivity contribution in [2.45, 2.75) is 25.9 Å². The van der Waals surface area contributed by atoms with Crippen molar-refractivity contribution < 1.29 is 0 Å². The van der Waals surface area contributed by atoms with Crippen LogP contribution in [0.3, 0.4) is 0 Å². The average molecular weight is 450 g/mol. The van der Waals surface area contributed by atoms with Crippen molar-refractivity contribution in [2.24, 2.45) is 0 Å². The molecule has 4 heterocycles. The first-order valence-corrected chi connectivity index (χ1v) is 10.6. The zero-order chi connectivity index (χ0) is 21.5. The van der Waals surface area contributed by atoms with Gasteiger partial charge in [0.25, 0.3) is 0 Å². The molecule has 1 aromatic carbocycles. The number of benzene rings is 1. The molecule has 0 aliphatic carbocycles. The summed E-state index contributed by atoms with van der Waals surface area (Å²) in [7, 11) is 0. The molecule has 7 nitrogen and oxygen atoms in total. The molecule has 4 aromatic rings. The molecule has 0 radical (unpaired) electrons. The van der Waals surface area contributed by atoms with Gasteiger partial charge < -0.3 is 10.2 Å². The molecule has 0 amide bonds. The highest BCUT2D eigenvalue weighted by atomic mass is 35.5. The normalized spacial score (nSPS) is 18.4. The number of hydrogen-bond donors (Lipinski definition) is 1. The summed E-state index contributed by atoms with van der Waals surface area (Å²) < 4.78 is 3.96. The summed E-state index contributed by atoms with van der Waals surface area (Å²) in [6.07, 6.45) is 5.19. The number of pyridine rings is 1. The van der Waals surface area contributed by atoms with E-state index in [-0.39, 0.29) is 12.1 Å². The molecule has 0 bridgehead atoms. The molecule has 1 fully saturated rings. The maximum atomic E-state index is 6.14. The molecule has 31 heavy (non-hydrogen) atoms. The Labute approximate surface area is 190 Å². The second-order valence-corrected chi connectivity index (χ2v) is 8.28. The van der Waals surface area contributed by atoms with Crippen molar-refractivity contribution in [3.63, 3.8) is 0 Å². The maximum Gasteiger partial charge on any atom is 0.174 e. The van der Waals surface area contributed by atoms with Crippen LogP contribution in [0, 0.1) is 13.8 Å². The Kier molecular flexibility index (Phi) is 4.95. The van der Waals surface area contributed by atoms with Crippen molar-refractivity contribution in [3.05, 3.63) is 95.1 Å². The molecule has 0 saturated carbocycles. The van der Waals surface area contributed by atoms with Crippen molar-refractivity contribution >= 4 is 34.6 Å². The zero-order valence-corrected chi connectivity index (χ0v) is 18.5. The number of nitrogens with zero attached hydrogens (tertiary/aromatic N) is 6. The van der Waals surface area contributed by atoms with Crippen LogP contribution < -0.4 is 10.2 Å². The fraction of sp³-hybridized carbons (Fsp3) is 0.182. The molecular formula is C22H20ClN7S. The van der Waals surface area contributed by atoms with E-state index in [1.165, 1.54) is 0 Å². The van der Waals surface area contributed by atoms with Crippen LogP contribution in [0.1, 0.15) is 34.7 Å². The van der Waals surface area contributed by atoms with Crippen LogP contribution in [-0.2, 0) is 0 Å². The Bertz CT molecular complexity index is 1220. The average Bonchev–Trinajstić information content (AvgIpc) is 3.47. The maximum absolute atomic E-state index is 6.14. The van der Waals surface area contributed by atoms with Crippen LogP contribution >= 0.6 is 23.8 Å². The van der Waals surface area contributed by atoms with Crippen LogP contribution in [0.4, 0.5) is 5.69 Å². The minimum atomic E-state index is -0.112. The van der Waals surface area contributed by atoms with E-state index in [1.54, 1.807) is 12.7 Å². The third-order valence-corrected chi connectivity index (χ3v) is 6.16. The number of halogens is 1. The van der Waals surface area contributed by atoms with Crippen LogP contribution in [0.2, 0.25) is 5.02 Å². The standard InChI is InChI=1S/C22H20ClN7S/c1-14-11-18(15(2)30(14)28-12-25-26-13-28)21-20(19-5-3-4-10-24-19)27-22(31)29(21)17-8-6-16(23)7-9-17/h3-13,20-21H,1-2H3,(H,27,31)/t20-,21+/m0/s1. The molecule has 5 rings (SSSR count). The Balaban J connectivity index is 1.68. The van der Waals surface area contributed by atoms with Crippen molar-refractivity contribution in [3.8, 4) is 0 Å². The largest absolute Gasteiger partial charge is 0.351 e. The van der Waals surface area contributed by atoms with Gasteiger partial charge in [-0.3, -0.25) is 9.66 Å². The first-order chi connectivity index (χ1) is 15.0. The van der Waals surface area contributed by atoms with Crippen LogP contribution in [0.5, 0.6) is 0 Å². The van der Waals surface area contributed by atoms with E-state index in [0.29, 0.717) is 10.1 Å². The highest BCUT2D eigenvalue weighted by Gasteiger charge is 2.42. The lowest BCUT2D eigenvalue weighted by Crippen LogP contribution is -2.29. The first-order valence-electron chi connectivity index (χ1n) is 9.85. The van der Waals surface area contributed by atoms with Gasteiger partial charge in [0.1, 0.15) is 12.7 Å². The fourth-order valence-corrected chi connectivity index (χ4v) is 4.75. The molecule has 9 heteroatoms. The van der Waals surface area contributed by atoms with Gasteiger partial charge in [0, 0.05) is 33.9 Å². The van der Waals surface area contributed by atoms with Gasteiger partial charge in [-0.25, -0.2) is 4.68 Å². The van der Waals surface area contributed by atoms with Gasteiger partial charge in [0.2, 0.25) is 0 Å². The molecule has 3 aromatic heterocycles. The predicted octanol–water partition coefficient (Wildman–Crippen LogP) is 4.23. The summed E-state index contributed by atoms with van der Waals surface area (Å²) in [6.45, 7) is 4.17. The Morgan fingerprint density at radius 1 is 1.03 bits per heavy atom. The Morgan fingerprint density at radius 2 is 1.77 bits per heavy atom. The zero-order valence-electron chi connectivity index (χ0n) is 17.0. The quantitative estimate of drug-likeness (QED) is 0.470. The van der Waals surface area contributed by atoms with Gasteiger partial charge in [0.15, 0.2) is 5.11 Å². The smallest absolute Gasteiger partial charge is 0.174 e. The van der Waals surface area contributed by atoms with E-state index in [0.717, 1.165) is 28.3 Å². The molecule has 1 aliphatic rings. The highest BCUT2D eigenvalue weighted by molar-refractivity contribution is 7.80. The van der Waals surface area contributed by atoms with Crippen molar-refractivity contribution in [1.29, 1.82) is 0 Å². The molecule has 0 spiro atoms. The first kappa shape index (κ1) is 19.7. The van der Waals surface area contributed by atoms with Gasteiger partial charge in [0.05, 0.1) is 17.8 Å². The predicted molar refractivity (Wildman–Crippen MR) is 124 cm³/mol. The number of hydrogen-bond acceptors (Lipinski definition) is 4. The number of aromatic nitrogens is 5. The topological polar surface area (TPSA) is 63.8 Å². The summed E-state index contributed by atoms with van der Waals surface area (Å²) in [5.74, 6) is 0. The molecule has 0 unspecified atom stereocenters. The van der Waals surface area contributed by atoms with E-state index in [9.17, 15) is 0 Å². The summed E-state index contributed by atoms with van der Waals surface area (Å²) >= 11 is 11.9. The number of nitrogens with one attached hydrogen (secondary N) is 1. The number of aryl methyl sites for hydroxylation is 1. The van der Waals surface area contributed by atoms with Gasteiger partial charge in [-0.2, -0.15) is 0 Å². The lowest BCUT2D eigenvalue weighted by Gasteiger charge is -2.28. The number of thiocarbonyl (C=S) groups is 1. The Morgan fingerprint density at radius 3 is 2.45 bits per heavy atom. The van der Waals surface area contributed by atoms with Crippen LogP contribution in [0.25, 0.3) is 0 Å². The van der Waals surface area contributed by atoms with E-state index < -0.39 is 0 Å². The van der Waals surface area contributed by atoms with E-state index in [2.05, 4.69) is 50.0 Å². The molecule has 1 aliphatic heterocycles. The van der Waals surface area contributed by atoms with Gasteiger partial charge in [-0.05, 0) is 68.5 Å². The van der Waals surface area contributed by atoms with Crippen LogP contribution in [0.15, 0.2) is 67.4 Å². The SMILES string of the molecule is Cc1cc([C@@H]2[C@H](c3ccccn3)NC(=S)N2c2ccc(Cl)cc2)c(C)n1-n1cnnc1. The fourth-order valence-electron chi connectivity index (χ4n) is 4.28. The van der Waals surface area contributed by atoms with Gasteiger partial charge in [-0.1, -0.05) is 17.7 Å². The van der Waals surface area contributed by atoms with Crippen LogP contribution in [-0.4, -0.2) is 29.6 Å². The molecular weight excluding hydrogens is 430 g/mol.